The van der Waals surface area contributed by atoms with Gasteiger partial charge in [-0.2, -0.15) is 0 Å². The van der Waals surface area contributed by atoms with Crippen LogP contribution < -0.4 is 10.6 Å². The fourth-order valence-corrected chi connectivity index (χ4v) is 2.26. The highest BCUT2D eigenvalue weighted by Gasteiger charge is 2.24. The molecule has 0 unspecified atom stereocenters. The maximum Gasteiger partial charge on any atom is 0.319 e. The van der Waals surface area contributed by atoms with Gasteiger partial charge in [-0.15, -0.1) is 0 Å². The second-order valence-corrected chi connectivity index (χ2v) is 5.57. The van der Waals surface area contributed by atoms with E-state index in [1.807, 2.05) is 43.3 Å². The van der Waals surface area contributed by atoms with Gasteiger partial charge in [-0.1, -0.05) is 24.3 Å². The van der Waals surface area contributed by atoms with Crippen LogP contribution >= 0.6 is 0 Å². The van der Waals surface area contributed by atoms with E-state index in [9.17, 15) is 9.59 Å². The van der Waals surface area contributed by atoms with Crippen LogP contribution in [0.15, 0.2) is 54.7 Å². The van der Waals surface area contributed by atoms with Crippen molar-refractivity contribution in [2.45, 2.75) is 25.9 Å². The number of hydrogen-bond donors (Lipinski definition) is 2. The van der Waals surface area contributed by atoms with Gasteiger partial charge in [0.15, 0.2) is 0 Å². The van der Waals surface area contributed by atoms with Crippen molar-refractivity contribution in [2.24, 2.45) is 0 Å². The monoisotopic (exact) mass is 326 g/mol. The maximum atomic E-state index is 12.5. The summed E-state index contributed by atoms with van der Waals surface area (Å²) < 4.78 is 0. The standard InChI is InChI=1S/C18H22N4O2/c1-13(20-18(24)21-15-9-5-4-6-10-15)17(23)22(3)14(2)16-11-7-8-12-19-16/h4-14H,1-3H3,(H2,20,21,24)/t13-,14+/m0/s1. The van der Waals surface area contributed by atoms with Gasteiger partial charge in [-0.05, 0) is 38.1 Å². The number of nitrogens with one attached hydrogen (secondary N) is 2. The Hall–Kier alpha value is -2.89. The van der Waals surface area contributed by atoms with E-state index in [1.165, 1.54) is 0 Å². The first-order valence-electron chi connectivity index (χ1n) is 7.79. The summed E-state index contributed by atoms with van der Waals surface area (Å²) in [5.41, 5.74) is 1.47. The predicted octanol–water partition coefficient (Wildman–Crippen LogP) is 2.81. The summed E-state index contributed by atoms with van der Waals surface area (Å²) in [4.78, 5) is 30.3. The van der Waals surface area contributed by atoms with Gasteiger partial charge in [0.2, 0.25) is 5.91 Å². The van der Waals surface area contributed by atoms with Gasteiger partial charge in [0, 0.05) is 18.9 Å². The molecule has 6 nitrogen and oxygen atoms in total. The molecule has 2 N–H and O–H groups in total. The molecule has 2 atom stereocenters. The molecule has 126 valence electrons. The summed E-state index contributed by atoms with van der Waals surface area (Å²) in [6.45, 7) is 3.56. The number of likely N-dealkylation sites (N-methyl/N-ethyl adjacent to an activating group) is 1. The van der Waals surface area contributed by atoms with Crippen molar-refractivity contribution in [3.63, 3.8) is 0 Å². The van der Waals surface area contributed by atoms with E-state index in [2.05, 4.69) is 15.6 Å². The van der Waals surface area contributed by atoms with Crippen molar-refractivity contribution < 1.29 is 9.59 Å². The summed E-state index contributed by atoms with van der Waals surface area (Å²) in [6.07, 6.45) is 1.69. The predicted molar refractivity (Wildman–Crippen MR) is 93.5 cm³/mol. The lowest BCUT2D eigenvalue weighted by atomic mass is 10.1. The largest absolute Gasteiger partial charge is 0.336 e. The quantitative estimate of drug-likeness (QED) is 0.887. The van der Waals surface area contributed by atoms with E-state index in [0.29, 0.717) is 5.69 Å². The van der Waals surface area contributed by atoms with E-state index >= 15 is 0 Å². The summed E-state index contributed by atoms with van der Waals surface area (Å²) in [7, 11) is 1.70. The van der Waals surface area contributed by atoms with Crippen LogP contribution in [0.25, 0.3) is 0 Å². The van der Waals surface area contributed by atoms with Crippen LogP contribution in [0.5, 0.6) is 0 Å². The minimum Gasteiger partial charge on any atom is -0.336 e. The van der Waals surface area contributed by atoms with Gasteiger partial charge in [0.05, 0.1) is 11.7 Å². The molecule has 0 saturated heterocycles. The fraction of sp³-hybridized carbons (Fsp3) is 0.278. The summed E-state index contributed by atoms with van der Waals surface area (Å²) in [6, 6.07) is 13.4. The third-order valence-electron chi connectivity index (χ3n) is 3.79. The first-order chi connectivity index (χ1) is 11.5. The molecule has 0 aliphatic rings. The van der Waals surface area contributed by atoms with E-state index < -0.39 is 12.1 Å². The normalized spacial score (nSPS) is 12.8. The lowest BCUT2D eigenvalue weighted by Gasteiger charge is -2.27. The zero-order valence-corrected chi connectivity index (χ0v) is 14.1. The Morgan fingerprint density at radius 3 is 2.33 bits per heavy atom. The molecular formula is C18H22N4O2. The van der Waals surface area contributed by atoms with Crippen LogP contribution in [0.4, 0.5) is 10.5 Å². The Morgan fingerprint density at radius 2 is 1.71 bits per heavy atom. The van der Waals surface area contributed by atoms with Gasteiger partial charge in [0.1, 0.15) is 6.04 Å². The Labute approximate surface area is 141 Å². The smallest absolute Gasteiger partial charge is 0.319 e. The highest BCUT2D eigenvalue weighted by atomic mass is 16.2. The molecule has 2 rings (SSSR count). The second-order valence-electron chi connectivity index (χ2n) is 5.57. The minimum atomic E-state index is -0.648. The number of anilines is 1. The number of benzene rings is 1. The molecule has 2 aromatic rings. The van der Waals surface area contributed by atoms with Gasteiger partial charge in [-0.3, -0.25) is 9.78 Å². The molecule has 0 bridgehead atoms. The highest BCUT2D eigenvalue weighted by molar-refractivity contribution is 5.93. The summed E-state index contributed by atoms with van der Waals surface area (Å²) in [5, 5.41) is 5.35. The van der Waals surface area contributed by atoms with Crippen molar-refractivity contribution in [3.8, 4) is 0 Å². The zero-order valence-electron chi connectivity index (χ0n) is 14.1. The topological polar surface area (TPSA) is 74.3 Å². The molecule has 1 aromatic carbocycles. The number of carbonyl (C=O) groups excluding carboxylic acids is 2. The Bertz CT molecular complexity index is 676. The molecule has 0 fully saturated rings. The number of nitrogens with zero attached hydrogens (tertiary/aromatic N) is 2. The SMILES string of the molecule is C[C@H](NC(=O)Nc1ccccc1)C(=O)N(C)[C@H](C)c1ccccn1. The number of carbonyl (C=O) groups is 2. The van der Waals surface area contributed by atoms with Crippen LogP contribution in [-0.2, 0) is 4.79 Å². The van der Waals surface area contributed by atoms with E-state index in [4.69, 9.17) is 0 Å². The van der Waals surface area contributed by atoms with Crippen LogP contribution in [-0.4, -0.2) is 34.9 Å². The summed E-state index contributed by atoms with van der Waals surface area (Å²) >= 11 is 0. The average molecular weight is 326 g/mol. The molecule has 0 spiro atoms. The molecule has 1 heterocycles. The number of urea groups is 1. The van der Waals surface area contributed by atoms with Gasteiger partial charge < -0.3 is 15.5 Å². The number of hydrogen-bond acceptors (Lipinski definition) is 3. The molecule has 3 amide bonds. The van der Waals surface area contributed by atoms with Crippen molar-refractivity contribution >= 4 is 17.6 Å². The molecule has 1 aromatic heterocycles. The van der Waals surface area contributed by atoms with E-state index in [0.717, 1.165) is 5.69 Å². The molecule has 0 radical (unpaired) electrons. The second kappa shape index (κ2) is 8.10. The zero-order chi connectivity index (χ0) is 17.5. The number of aromatic nitrogens is 1. The first kappa shape index (κ1) is 17.5. The van der Waals surface area contributed by atoms with Gasteiger partial charge >= 0.3 is 6.03 Å². The number of amides is 3. The van der Waals surface area contributed by atoms with Gasteiger partial charge in [-0.25, -0.2) is 4.79 Å². The van der Waals surface area contributed by atoms with Gasteiger partial charge in [0.25, 0.3) is 0 Å². The van der Waals surface area contributed by atoms with Crippen LogP contribution in [0.3, 0.4) is 0 Å². The molecule has 6 heteroatoms. The number of para-hydroxylation sites is 1. The molecule has 0 saturated carbocycles. The van der Waals surface area contributed by atoms with Crippen molar-refractivity contribution in [1.82, 2.24) is 15.2 Å². The van der Waals surface area contributed by atoms with Crippen LogP contribution in [0.1, 0.15) is 25.6 Å². The fourth-order valence-electron chi connectivity index (χ4n) is 2.26. The van der Waals surface area contributed by atoms with Crippen molar-refractivity contribution in [3.05, 3.63) is 60.4 Å². The van der Waals surface area contributed by atoms with Crippen molar-refractivity contribution in [1.29, 1.82) is 0 Å². The number of pyridine rings is 1. The minimum absolute atomic E-state index is 0.180. The highest BCUT2D eigenvalue weighted by Crippen LogP contribution is 2.16. The molecule has 24 heavy (non-hydrogen) atoms. The maximum absolute atomic E-state index is 12.5. The Balaban J connectivity index is 1.92. The Kier molecular flexibility index (Phi) is 5.89. The molecule has 0 aliphatic carbocycles. The lowest BCUT2D eigenvalue weighted by molar-refractivity contribution is -0.133. The van der Waals surface area contributed by atoms with Crippen LogP contribution in [0.2, 0.25) is 0 Å². The average Bonchev–Trinajstić information content (AvgIpc) is 2.61. The Morgan fingerprint density at radius 1 is 1.04 bits per heavy atom. The number of rotatable bonds is 5. The lowest BCUT2D eigenvalue weighted by Crippen LogP contribution is -2.47. The molecular weight excluding hydrogens is 304 g/mol. The third kappa shape index (κ3) is 4.55. The van der Waals surface area contributed by atoms with E-state index in [1.54, 1.807) is 37.2 Å². The van der Waals surface area contributed by atoms with Crippen LogP contribution in [0, 0.1) is 0 Å². The summed E-state index contributed by atoms with van der Waals surface area (Å²) in [5.74, 6) is -0.184. The van der Waals surface area contributed by atoms with Crippen molar-refractivity contribution in [2.75, 3.05) is 12.4 Å². The third-order valence-corrected chi connectivity index (χ3v) is 3.79. The van der Waals surface area contributed by atoms with E-state index in [-0.39, 0.29) is 11.9 Å². The molecule has 0 aliphatic heterocycles. The first-order valence-corrected chi connectivity index (χ1v) is 7.79.